The molecular formula is C24H26F3N7O3S. The molecule has 1 aliphatic carbocycles. The first-order valence-corrected chi connectivity index (χ1v) is 13.5. The lowest BCUT2D eigenvalue weighted by Crippen LogP contribution is -2.27. The van der Waals surface area contributed by atoms with Crippen molar-refractivity contribution in [2.75, 3.05) is 34.8 Å². The van der Waals surface area contributed by atoms with Crippen LogP contribution < -0.4 is 20.3 Å². The van der Waals surface area contributed by atoms with E-state index >= 15 is 0 Å². The second kappa shape index (κ2) is 10.8. The van der Waals surface area contributed by atoms with Crippen LogP contribution in [0.5, 0.6) is 0 Å². The normalized spacial score (nSPS) is 13.6. The fourth-order valence-corrected chi connectivity index (χ4v) is 3.95. The van der Waals surface area contributed by atoms with Crippen LogP contribution in [-0.4, -0.2) is 49.1 Å². The number of alkyl halides is 3. The van der Waals surface area contributed by atoms with Gasteiger partial charge in [0.15, 0.2) is 0 Å². The van der Waals surface area contributed by atoms with Crippen LogP contribution in [0.4, 0.5) is 36.4 Å². The van der Waals surface area contributed by atoms with E-state index in [2.05, 4.69) is 30.9 Å². The molecular weight excluding hydrogens is 523 g/mol. The van der Waals surface area contributed by atoms with Crippen molar-refractivity contribution in [2.45, 2.75) is 25.6 Å². The molecule has 1 saturated carbocycles. The average molecular weight is 550 g/mol. The van der Waals surface area contributed by atoms with E-state index in [9.17, 15) is 26.4 Å². The number of nitrogens with zero attached hydrogens (tertiary/aromatic N) is 4. The summed E-state index contributed by atoms with van der Waals surface area (Å²) >= 11 is 0. The topological polar surface area (TPSA) is 129 Å². The molecule has 4 rings (SSSR count). The second-order valence-electron chi connectivity index (χ2n) is 8.88. The molecule has 2 heterocycles. The summed E-state index contributed by atoms with van der Waals surface area (Å²) in [4.78, 5) is 24.1. The Balaban J connectivity index is 1.51. The van der Waals surface area contributed by atoms with E-state index in [0.717, 1.165) is 23.4 Å². The molecule has 0 aliphatic heterocycles. The molecule has 202 valence electrons. The van der Waals surface area contributed by atoms with E-state index in [-0.39, 0.29) is 24.2 Å². The lowest BCUT2D eigenvalue weighted by molar-refractivity contribution is -0.137. The third-order valence-corrected chi connectivity index (χ3v) is 7.02. The Bertz CT molecular complexity index is 1410. The Hall–Kier alpha value is -3.94. The number of amides is 1. The number of rotatable bonds is 10. The van der Waals surface area contributed by atoms with Gasteiger partial charge in [0.25, 0.3) is 5.91 Å². The van der Waals surface area contributed by atoms with E-state index in [4.69, 9.17) is 0 Å². The first-order valence-electron chi connectivity index (χ1n) is 11.6. The molecule has 1 fully saturated rings. The molecule has 2 aromatic heterocycles. The second-order valence-corrected chi connectivity index (χ2v) is 10.9. The molecule has 14 heteroatoms. The van der Waals surface area contributed by atoms with Gasteiger partial charge in [-0.2, -0.15) is 18.2 Å². The third kappa shape index (κ3) is 6.88. The van der Waals surface area contributed by atoms with E-state index in [1.807, 2.05) is 0 Å². The van der Waals surface area contributed by atoms with Gasteiger partial charge in [0, 0.05) is 49.3 Å². The number of carbonyl (C=O) groups is 1. The van der Waals surface area contributed by atoms with Gasteiger partial charge in [-0.3, -0.25) is 9.10 Å². The van der Waals surface area contributed by atoms with Gasteiger partial charge < -0.3 is 16.0 Å². The predicted octanol–water partition coefficient (Wildman–Crippen LogP) is 3.78. The Labute approximate surface area is 217 Å². The molecule has 1 aromatic carbocycles. The fraction of sp³-hybridized carbons (Fsp3) is 0.333. The molecule has 0 bridgehead atoms. The smallest absolute Gasteiger partial charge is 0.365 e. The van der Waals surface area contributed by atoms with Crippen LogP contribution in [0.3, 0.4) is 0 Å². The standard InChI is InChI=1S/C24H26F3N7O3S/c1-34(38(2,36)37)21-17(4-3-11-28-21)13-29-20-19(24(25,26)27)14-31-23(33-20)32-18-9-7-16(8-10-18)22(35)30-12-15-5-6-15/h3-4,7-11,14-15H,5-6,12-13H2,1-2H3,(H,30,35)(H2,29,31,32,33). The van der Waals surface area contributed by atoms with Gasteiger partial charge in [0.1, 0.15) is 17.2 Å². The van der Waals surface area contributed by atoms with Crippen LogP contribution in [-0.2, 0) is 22.7 Å². The number of aromatic nitrogens is 3. The zero-order chi connectivity index (χ0) is 27.5. The summed E-state index contributed by atoms with van der Waals surface area (Å²) in [6, 6.07) is 9.48. The van der Waals surface area contributed by atoms with Gasteiger partial charge in [-0.05, 0) is 49.1 Å². The van der Waals surface area contributed by atoms with Gasteiger partial charge >= 0.3 is 6.18 Å². The van der Waals surface area contributed by atoms with Crippen molar-refractivity contribution < 1.29 is 26.4 Å². The minimum absolute atomic E-state index is 0.0738. The molecule has 0 radical (unpaired) electrons. The summed E-state index contributed by atoms with van der Waals surface area (Å²) < 4.78 is 65.8. The fourth-order valence-electron chi connectivity index (χ4n) is 3.47. The molecule has 1 aliphatic rings. The molecule has 0 atom stereocenters. The number of sulfonamides is 1. The first-order chi connectivity index (χ1) is 17.9. The number of benzene rings is 1. The summed E-state index contributed by atoms with van der Waals surface area (Å²) in [6.45, 7) is 0.451. The van der Waals surface area contributed by atoms with Gasteiger partial charge in [0.05, 0.1) is 6.26 Å². The Morgan fingerprint density at radius 1 is 1.13 bits per heavy atom. The van der Waals surface area contributed by atoms with Gasteiger partial charge in [-0.25, -0.2) is 18.4 Å². The highest BCUT2D eigenvalue weighted by atomic mass is 32.2. The van der Waals surface area contributed by atoms with Gasteiger partial charge in [-0.15, -0.1) is 0 Å². The maximum atomic E-state index is 13.7. The van der Waals surface area contributed by atoms with Crippen LogP contribution in [0.2, 0.25) is 0 Å². The number of hydrogen-bond acceptors (Lipinski definition) is 8. The summed E-state index contributed by atoms with van der Waals surface area (Å²) in [5, 5.41) is 8.34. The van der Waals surface area contributed by atoms with Crippen molar-refractivity contribution in [3.05, 3.63) is 65.5 Å². The summed E-state index contributed by atoms with van der Waals surface area (Å²) in [5.41, 5.74) is 0.182. The molecule has 0 saturated heterocycles. The van der Waals surface area contributed by atoms with Gasteiger partial charge in [-0.1, -0.05) is 6.07 Å². The molecule has 0 spiro atoms. The quantitative estimate of drug-likeness (QED) is 0.349. The lowest BCUT2D eigenvalue weighted by Gasteiger charge is -2.20. The van der Waals surface area contributed by atoms with Crippen LogP contribution in [0.1, 0.15) is 34.3 Å². The number of pyridine rings is 1. The number of halogens is 3. The van der Waals surface area contributed by atoms with Crippen LogP contribution in [0.25, 0.3) is 0 Å². The van der Waals surface area contributed by atoms with Gasteiger partial charge in [0.2, 0.25) is 16.0 Å². The van der Waals surface area contributed by atoms with Crippen molar-refractivity contribution in [1.82, 2.24) is 20.3 Å². The molecule has 3 N–H and O–H groups in total. The predicted molar refractivity (Wildman–Crippen MR) is 137 cm³/mol. The average Bonchev–Trinajstić information content (AvgIpc) is 3.70. The minimum atomic E-state index is -4.74. The maximum Gasteiger partial charge on any atom is 0.421 e. The monoisotopic (exact) mass is 549 g/mol. The highest BCUT2D eigenvalue weighted by molar-refractivity contribution is 7.92. The van der Waals surface area contributed by atoms with Crippen molar-refractivity contribution in [3.63, 3.8) is 0 Å². The van der Waals surface area contributed by atoms with Crippen molar-refractivity contribution in [2.24, 2.45) is 5.92 Å². The Morgan fingerprint density at radius 2 is 1.84 bits per heavy atom. The number of anilines is 4. The van der Waals surface area contributed by atoms with Crippen LogP contribution >= 0.6 is 0 Å². The minimum Gasteiger partial charge on any atom is -0.365 e. The van der Waals surface area contributed by atoms with E-state index in [0.29, 0.717) is 35.5 Å². The molecule has 38 heavy (non-hydrogen) atoms. The molecule has 3 aromatic rings. The molecule has 0 unspecified atom stereocenters. The Morgan fingerprint density at radius 3 is 2.47 bits per heavy atom. The summed E-state index contributed by atoms with van der Waals surface area (Å²) in [7, 11) is -2.34. The largest absolute Gasteiger partial charge is 0.421 e. The summed E-state index contributed by atoms with van der Waals surface area (Å²) in [5.74, 6) is -0.180. The SMILES string of the molecule is CN(c1ncccc1CNc1nc(Nc2ccc(C(=O)NCC3CC3)cc2)ncc1C(F)(F)F)S(C)(=O)=O. The molecule has 10 nitrogen and oxygen atoms in total. The summed E-state index contributed by atoms with van der Waals surface area (Å²) in [6.07, 6.45) is 0.538. The van der Waals surface area contributed by atoms with E-state index < -0.39 is 27.6 Å². The zero-order valence-corrected chi connectivity index (χ0v) is 21.4. The van der Waals surface area contributed by atoms with Crippen molar-refractivity contribution in [1.29, 1.82) is 0 Å². The number of nitrogens with one attached hydrogen (secondary N) is 3. The first kappa shape index (κ1) is 27.1. The van der Waals surface area contributed by atoms with Crippen molar-refractivity contribution in [3.8, 4) is 0 Å². The highest BCUT2D eigenvalue weighted by Gasteiger charge is 2.35. The van der Waals surface area contributed by atoms with E-state index in [1.165, 1.54) is 13.2 Å². The van der Waals surface area contributed by atoms with Crippen molar-refractivity contribution >= 4 is 39.2 Å². The van der Waals surface area contributed by atoms with Crippen LogP contribution in [0.15, 0.2) is 48.8 Å². The number of hydrogen-bond donors (Lipinski definition) is 3. The zero-order valence-electron chi connectivity index (χ0n) is 20.6. The maximum absolute atomic E-state index is 13.7. The van der Waals surface area contributed by atoms with E-state index in [1.54, 1.807) is 36.4 Å². The Kier molecular flexibility index (Phi) is 7.71. The highest BCUT2D eigenvalue weighted by Crippen LogP contribution is 2.34. The third-order valence-electron chi connectivity index (χ3n) is 5.86. The number of carbonyl (C=O) groups excluding carboxylic acids is 1. The van der Waals surface area contributed by atoms with Crippen LogP contribution in [0, 0.1) is 5.92 Å². The molecule has 1 amide bonds. The lowest BCUT2D eigenvalue weighted by atomic mass is 10.2.